The summed E-state index contributed by atoms with van der Waals surface area (Å²) >= 11 is 0. The second-order valence-electron chi connectivity index (χ2n) is 5.91. The molecule has 0 aliphatic carbocycles. The number of aryl methyl sites for hydroxylation is 1. The van der Waals surface area contributed by atoms with Crippen LogP contribution in [0.2, 0.25) is 0 Å². The van der Waals surface area contributed by atoms with Crippen LogP contribution in [-0.2, 0) is 9.53 Å². The zero-order chi connectivity index (χ0) is 14.5. The van der Waals surface area contributed by atoms with Crippen LogP contribution in [0.15, 0.2) is 24.3 Å². The molecule has 0 saturated heterocycles. The predicted molar refractivity (Wildman–Crippen MR) is 75.8 cm³/mol. The van der Waals surface area contributed by atoms with E-state index in [1.807, 2.05) is 52.0 Å². The van der Waals surface area contributed by atoms with Crippen molar-refractivity contribution in [3.63, 3.8) is 0 Å². The molecule has 3 nitrogen and oxygen atoms in total. The van der Waals surface area contributed by atoms with Crippen molar-refractivity contribution in [2.45, 2.75) is 58.7 Å². The average molecular weight is 264 g/mol. The van der Waals surface area contributed by atoms with E-state index in [9.17, 15) is 9.90 Å². The molecule has 0 unspecified atom stereocenters. The van der Waals surface area contributed by atoms with E-state index in [0.29, 0.717) is 19.3 Å². The third-order valence-corrected chi connectivity index (χ3v) is 2.71. The molecule has 0 amide bonds. The first kappa shape index (κ1) is 15.7. The molecular weight excluding hydrogens is 240 g/mol. The Hall–Kier alpha value is -1.35. The highest BCUT2D eigenvalue weighted by atomic mass is 16.6. The van der Waals surface area contributed by atoms with Gasteiger partial charge in [-0.05, 0) is 46.1 Å². The van der Waals surface area contributed by atoms with Gasteiger partial charge in [-0.2, -0.15) is 0 Å². The molecule has 1 N–H and O–H groups in total. The number of hydrogen-bond acceptors (Lipinski definition) is 3. The van der Waals surface area contributed by atoms with Crippen molar-refractivity contribution < 1.29 is 14.6 Å². The molecule has 0 heterocycles. The van der Waals surface area contributed by atoms with Gasteiger partial charge in [-0.25, -0.2) is 0 Å². The van der Waals surface area contributed by atoms with Gasteiger partial charge in [-0.15, -0.1) is 0 Å². The van der Waals surface area contributed by atoms with Crippen LogP contribution in [0, 0.1) is 6.92 Å². The maximum absolute atomic E-state index is 11.5. The molecule has 0 fully saturated rings. The number of carbonyl (C=O) groups is 1. The van der Waals surface area contributed by atoms with E-state index in [2.05, 4.69) is 0 Å². The number of esters is 1. The molecule has 0 aliphatic heterocycles. The molecule has 0 aromatic heterocycles. The molecule has 1 rings (SSSR count). The van der Waals surface area contributed by atoms with Crippen molar-refractivity contribution in [2.75, 3.05) is 0 Å². The summed E-state index contributed by atoms with van der Waals surface area (Å²) in [7, 11) is 0. The molecule has 0 spiro atoms. The molecule has 0 bridgehead atoms. The summed E-state index contributed by atoms with van der Waals surface area (Å²) in [6.07, 6.45) is 1.04. The number of ether oxygens (including phenoxy) is 1. The monoisotopic (exact) mass is 264 g/mol. The highest BCUT2D eigenvalue weighted by Gasteiger charge is 2.16. The van der Waals surface area contributed by atoms with Crippen LogP contribution >= 0.6 is 0 Å². The Morgan fingerprint density at radius 2 is 2.05 bits per heavy atom. The summed E-state index contributed by atoms with van der Waals surface area (Å²) in [4.78, 5) is 11.5. The largest absolute Gasteiger partial charge is 0.460 e. The average Bonchev–Trinajstić information content (AvgIpc) is 2.26. The van der Waals surface area contributed by atoms with E-state index >= 15 is 0 Å². The van der Waals surface area contributed by atoms with Crippen molar-refractivity contribution in [3.05, 3.63) is 35.4 Å². The quantitative estimate of drug-likeness (QED) is 0.827. The Balaban J connectivity index is 2.35. The van der Waals surface area contributed by atoms with Crippen molar-refractivity contribution >= 4 is 5.97 Å². The summed E-state index contributed by atoms with van der Waals surface area (Å²) in [6.45, 7) is 7.56. The number of benzene rings is 1. The maximum atomic E-state index is 11.5. The third-order valence-electron chi connectivity index (χ3n) is 2.71. The molecule has 3 heteroatoms. The SMILES string of the molecule is Cc1cccc([C@H](O)CCCC(=O)OC(C)(C)C)c1. The number of carbonyl (C=O) groups excluding carboxylic acids is 1. The van der Waals surface area contributed by atoms with Gasteiger partial charge >= 0.3 is 5.97 Å². The molecule has 19 heavy (non-hydrogen) atoms. The Kier molecular flexibility index (Phi) is 5.55. The molecule has 1 aromatic carbocycles. The Labute approximate surface area is 115 Å². The van der Waals surface area contributed by atoms with Crippen LogP contribution in [0.3, 0.4) is 0 Å². The second kappa shape index (κ2) is 6.71. The van der Waals surface area contributed by atoms with Crippen LogP contribution in [-0.4, -0.2) is 16.7 Å². The minimum atomic E-state index is -0.512. The van der Waals surface area contributed by atoms with Gasteiger partial charge in [0.1, 0.15) is 5.60 Å². The van der Waals surface area contributed by atoms with Gasteiger partial charge in [-0.1, -0.05) is 29.8 Å². The zero-order valence-corrected chi connectivity index (χ0v) is 12.3. The molecule has 1 atom stereocenters. The molecule has 0 saturated carbocycles. The maximum Gasteiger partial charge on any atom is 0.306 e. The van der Waals surface area contributed by atoms with Crippen molar-refractivity contribution in [2.24, 2.45) is 0 Å². The summed E-state index contributed by atoms with van der Waals surface area (Å²) in [6, 6.07) is 7.81. The van der Waals surface area contributed by atoms with Gasteiger partial charge in [0.15, 0.2) is 0 Å². The van der Waals surface area contributed by atoms with Gasteiger partial charge in [0, 0.05) is 6.42 Å². The van der Waals surface area contributed by atoms with E-state index in [0.717, 1.165) is 11.1 Å². The molecule has 0 aliphatic rings. The second-order valence-corrected chi connectivity index (χ2v) is 5.91. The summed E-state index contributed by atoms with van der Waals surface area (Å²) < 4.78 is 5.22. The van der Waals surface area contributed by atoms with Crippen LogP contribution in [0.4, 0.5) is 0 Å². The highest BCUT2D eigenvalue weighted by molar-refractivity contribution is 5.69. The van der Waals surface area contributed by atoms with Crippen LogP contribution in [0.5, 0.6) is 0 Å². The molecule has 106 valence electrons. The first-order valence-corrected chi connectivity index (χ1v) is 6.74. The van der Waals surface area contributed by atoms with Gasteiger partial charge in [0.25, 0.3) is 0 Å². The van der Waals surface area contributed by atoms with E-state index in [4.69, 9.17) is 4.74 Å². The van der Waals surface area contributed by atoms with Crippen LogP contribution in [0.1, 0.15) is 57.3 Å². The van der Waals surface area contributed by atoms with E-state index in [1.54, 1.807) is 0 Å². The molecule has 1 aromatic rings. The van der Waals surface area contributed by atoms with Gasteiger partial charge in [0.05, 0.1) is 6.10 Å². The van der Waals surface area contributed by atoms with Gasteiger partial charge < -0.3 is 9.84 Å². The minimum Gasteiger partial charge on any atom is -0.460 e. The Morgan fingerprint density at radius 3 is 2.63 bits per heavy atom. The van der Waals surface area contributed by atoms with Gasteiger partial charge in [-0.3, -0.25) is 4.79 Å². The highest BCUT2D eigenvalue weighted by Crippen LogP contribution is 2.20. The number of aliphatic hydroxyl groups is 1. The van der Waals surface area contributed by atoms with E-state index < -0.39 is 11.7 Å². The molecular formula is C16H24O3. The van der Waals surface area contributed by atoms with Crippen molar-refractivity contribution in [1.29, 1.82) is 0 Å². The fourth-order valence-electron chi connectivity index (χ4n) is 1.88. The van der Waals surface area contributed by atoms with Crippen LogP contribution < -0.4 is 0 Å². The summed E-state index contributed by atoms with van der Waals surface area (Å²) in [5, 5.41) is 10.0. The lowest BCUT2D eigenvalue weighted by Gasteiger charge is -2.19. The Bertz CT molecular complexity index is 418. The fourth-order valence-corrected chi connectivity index (χ4v) is 1.88. The minimum absolute atomic E-state index is 0.205. The van der Waals surface area contributed by atoms with Crippen molar-refractivity contribution in [3.8, 4) is 0 Å². The predicted octanol–water partition coefficient (Wildman–Crippen LogP) is 3.54. The Morgan fingerprint density at radius 1 is 1.37 bits per heavy atom. The lowest BCUT2D eigenvalue weighted by atomic mass is 10.0. The number of hydrogen-bond donors (Lipinski definition) is 1. The summed E-state index contributed by atoms with van der Waals surface area (Å²) in [5.74, 6) is -0.205. The van der Waals surface area contributed by atoms with E-state index in [1.165, 1.54) is 0 Å². The fraction of sp³-hybridized carbons (Fsp3) is 0.562. The first-order chi connectivity index (χ1) is 8.78. The third kappa shape index (κ3) is 6.39. The topological polar surface area (TPSA) is 46.5 Å². The standard InChI is InChI=1S/C16H24O3/c1-12-7-5-8-13(11-12)14(17)9-6-10-15(18)19-16(2,3)4/h5,7-8,11,14,17H,6,9-10H2,1-4H3/t14-/m1/s1. The number of rotatable bonds is 5. The normalized spacial score (nSPS) is 13.1. The van der Waals surface area contributed by atoms with Crippen molar-refractivity contribution in [1.82, 2.24) is 0 Å². The smallest absolute Gasteiger partial charge is 0.306 e. The number of aliphatic hydroxyl groups excluding tert-OH is 1. The van der Waals surface area contributed by atoms with E-state index in [-0.39, 0.29) is 5.97 Å². The zero-order valence-electron chi connectivity index (χ0n) is 12.3. The lowest BCUT2D eigenvalue weighted by Crippen LogP contribution is -2.23. The lowest BCUT2D eigenvalue weighted by molar-refractivity contribution is -0.155. The van der Waals surface area contributed by atoms with Crippen LogP contribution in [0.25, 0.3) is 0 Å². The molecule has 0 radical (unpaired) electrons. The first-order valence-electron chi connectivity index (χ1n) is 6.74. The summed E-state index contributed by atoms with van der Waals surface area (Å²) in [5.41, 5.74) is 1.60. The van der Waals surface area contributed by atoms with Gasteiger partial charge in [0.2, 0.25) is 0 Å².